The van der Waals surface area contributed by atoms with Gasteiger partial charge in [-0.25, -0.2) is 8.42 Å². The van der Waals surface area contributed by atoms with Gasteiger partial charge in [-0.1, -0.05) is 35.5 Å². The Morgan fingerprint density at radius 2 is 1.90 bits per heavy atom. The van der Waals surface area contributed by atoms with E-state index >= 15 is 0 Å². The molecule has 0 saturated carbocycles. The molecule has 1 atom stereocenters. The molecule has 0 aliphatic carbocycles. The van der Waals surface area contributed by atoms with Crippen molar-refractivity contribution in [2.75, 3.05) is 0 Å². The van der Waals surface area contributed by atoms with Crippen LogP contribution in [0.15, 0.2) is 57.3 Å². The van der Waals surface area contributed by atoms with Gasteiger partial charge in [0.25, 0.3) is 10.0 Å². The van der Waals surface area contributed by atoms with Crippen LogP contribution in [0, 0.1) is 0 Å². The molecule has 1 unspecified atom stereocenters. The summed E-state index contributed by atoms with van der Waals surface area (Å²) in [6.45, 7) is 0. The zero-order valence-corrected chi connectivity index (χ0v) is 16.0. The maximum absolute atomic E-state index is 12.6. The van der Waals surface area contributed by atoms with Gasteiger partial charge in [0, 0.05) is 6.07 Å². The zero-order valence-electron chi connectivity index (χ0n) is 14.4. The van der Waals surface area contributed by atoms with Crippen molar-refractivity contribution in [1.29, 1.82) is 0 Å². The van der Waals surface area contributed by atoms with Gasteiger partial charge in [-0.3, -0.25) is 4.79 Å². The van der Waals surface area contributed by atoms with Gasteiger partial charge < -0.3 is 9.63 Å². The predicted octanol–water partition coefficient (Wildman–Crippen LogP) is 3.40. The summed E-state index contributed by atoms with van der Waals surface area (Å²) in [6, 6.07) is 10.1. The van der Waals surface area contributed by atoms with E-state index in [9.17, 15) is 31.5 Å². The molecule has 29 heavy (non-hydrogen) atoms. The molecule has 154 valence electrons. The molecule has 3 aromatic rings. The maximum Gasteiger partial charge on any atom is 0.436 e. The third-order valence-corrected chi connectivity index (χ3v) is 6.83. The third-order valence-electron chi connectivity index (χ3n) is 3.77. The Bertz CT molecular complexity index is 1110. The van der Waals surface area contributed by atoms with Crippen molar-refractivity contribution in [2.45, 2.75) is 22.8 Å². The summed E-state index contributed by atoms with van der Waals surface area (Å²) in [4.78, 5) is 11.6. The second-order valence-electron chi connectivity index (χ2n) is 5.89. The first kappa shape index (κ1) is 21.0. The van der Waals surface area contributed by atoms with E-state index in [0.29, 0.717) is 23.0 Å². The minimum absolute atomic E-state index is 0.0787. The molecule has 0 saturated heterocycles. The van der Waals surface area contributed by atoms with Crippen molar-refractivity contribution in [3.05, 3.63) is 59.8 Å². The SMILES string of the molecule is O=C(O)C(Cc1ccccc1)NS(=O)(=O)c1ccc(-c2cc(C(F)(F)F)no2)s1. The quantitative estimate of drug-likeness (QED) is 0.576. The van der Waals surface area contributed by atoms with Gasteiger partial charge in [0.05, 0.1) is 4.88 Å². The van der Waals surface area contributed by atoms with Crippen LogP contribution >= 0.6 is 11.3 Å². The van der Waals surface area contributed by atoms with Gasteiger partial charge in [0.1, 0.15) is 10.3 Å². The van der Waals surface area contributed by atoms with Crippen molar-refractivity contribution in [3.8, 4) is 10.6 Å². The molecule has 0 aliphatic rings. The number of thiophene rings is 1. The minimum Gasteiger partial charge on any atom is -0.480 e. The van der Waals surface area contributed by atoms with Crippen molar-refractivity contribution in [2.24, 2.45) is 0 Å². The van der Waals surface area contributed by atoms with Crippen LogP contribution in [0.5, 0.6) is 0 Å². The second kappa shape index (κ2) is 7.97. The monoisotopic (exact) mass is 446 g/mol. The summed E-state index contributed by atoms with van der Waals surface area (Å²) in [5, 5.41) is 12.3. The number of hydrogen-bond acceptors (Lipinski definition) is 6. The highest BCUT2D eigenvalue weighted by atomic mass is 32.2. The van der Waals surface area contributed by atoms with Crippen molar-refractivity contribution in [3.63, 3.8) is 0 Å². The van der Waals surface area contributed by atoms with Gasteiger partial charge in [-0.15, -0.1) is 11.3 Å². The summed E-state index contributed by atoms with van der Waals surface area (Å²) >= 11 is 0.632. The highest BCUT2D eigenvalue weighted by Crippen LogP contribution is 2.35. The van der Waals surface area contributed by atoms with E-state index in [0.717, 1.165) is 6.07 Å². The van der Waals surface area contributed by atoms with Crippen molar-refractivity contribution in [1.82, 2.24) is 9.88 Å². The zero-order chi connectivity index (χ0) is 21.2. The summed E-state index contributed by atoms with van der Waals surface area (Å²) < 4.78 is 69.5. The number of aromatic nitrogens is 1. The molecule has 0 amide bonds. The van der Waals surface area contributed by atoms with E-state index in [1.807, 2.05) is 0 Å². The van der Waals surface area contributed by atoms with Crippen LogP contribution in [0.2, 0.25) is 0 Å². The smallest absolute Gasteiger partial charge is 0.436 e. The number of carboxylic acid groups (broad SMARTS) is 1. The fraction of sp³-hybridized carbons (Fsp3) is 0.176. The number of carbonyl (C=O) groups is 1. The second-order valence-corrected chi connectivity index (χ2v) is 8.92. The molecule has 0 aliphatic heterocycles. The molecule has 0 radical (unpaired) electrons. The largest absolute Gasteiger partial charge is 0.480 e. The van der Waals surface area contributed by atoms with E-state index in [1.165, 1.54) is 6.07 Å². The molecule has 2 aromatic heterocycles. The van der Waals surface area contributed by atoms with Crippen molar-refractivity contribution >= 4 is 27.3 Å². The van der Waals surface area contributed by atoms with E-state index in [2.05, 4.69) is 14.4 Å². The van der Waals surface area contributed by atoms with Gasteiger partial charge in [-0.2, -0.15) is 17.9 Å². The Balaban J connectivity index is 1.80. The average molecular weight is 446 g/mol. The fourth-order valence-corrected chi connectivity index (χ4v) is 4.86. The van der Waals surface area contributed by atoms with E-state index in [-0.39, 0.29) is 21.3 Å². The van der Waals surface area contributed by atoms with E-state index in [4.69, 9.17) is 0 Å². The third kappa shape index (κ3) is 5.02. The molecule has 2 heterocycles. The molecule has 0 fully saturated rings. The first-order valence-electron chi connectivity index (χ1n) is 7.99. The number of aliphatic carboxylic acids is 1. The van der Waals surface area contributed by atoms with Crippen LogP contribution < -0.4 is 4.72 Å². The number of rotatable bonds is 7. The molecular weight excluding hydrogens is 433 g/mol. The number of benzene rings is 1. The maximum atomic E-state index is 12.6. The number of carboxylic acids is 1. The van der Waals surface area contributed by atoms with Crippen molar-refractivity contribution < 1.29 is 36.0 Å². The van der Waals surface area contributed by atoms with Gasteiger partial charge in [-0.05, 0) is 24.1 Å². The van der Waals surface area contributed by atoms with Gasteiger partial charge in [0.15, 0.2) is 11.5 Å². The number of sulfonamides is 1. The lowest BCUT2D eigenvalue weighted by atomic mass is 10.1. The number of nitrogens with zero attached hydrogens (tertiary/aromatic N) is 1. The Hall–Kier alpha value is -2.70. The molecule has 0 bridgehead atoms. The van der Waals surface area contributed by atoms with Gasteiger partial charge >= 0.3 is 12.1 Å². The molecule has 7 nitrogen and oxygen atoms in total. The predicted molar refractivity (Wildman–Crippen MR) is 96.7 cm³/mol. The fourth-order valence-electron chi connectivity index (χ4n) is 2.40. The van der Waals surface area contributed by atoms with Gasteiger partial charge in [0.2, 0.25) is 0 Å². The Morgan fingerprint density at radius 1 is 1.21 bits per heavy atom. The lowest BCUT2D eigenvalue weighted by molar-refractivity contribution is -0.142. The standard InChI is InChI=1S/C17H13F3N2O5S2/c18-17(19,20)14-9-12(27-21-14)13-6-7-15(28-13)29(25,26)22-11(16(23)24)8-10-4-2-1-3-5-10/h1-7,9,11,22H,8H2,(H,23,24). The normalized spacial score (nSPS) is 13.3. The summed E-state index contributed by atoms with van der Waals surface area (Å²) in [5.74, 6) is -1.61. The number of halogens is 3. The highest BCUT2D eigenvalue weighted by Gasteiger charge is 2.35. The first-order valence-corrected chi connectivity index (χ1v) is 10.3. The summed E-state index contributed by atoms with van der Waals surface area (Å²) in [7, 11) is -4.23. The number of alkyl halides is 3. The van der Waals surface area contributed by atoms with E-state index in [1.54, 1.807) is 30.3 Å². The minimum atomic E-state index is -4.69. The molecule has 0 spiro atoms. The molecule has 2 N–H and O–H groups in total. The number of nitrogens with one attached hydrogen (secondary N) is 1. The summed E-state index contributed by atoms with van der Waals surface area (Å²) in [5.41, 5.74) is -0.618. The van der Waals surface area contributed by atoms with Crippen LogP contribution in [0.25, 0.3) is 10.6 Å². The highest BCUT2D eigenvalue weighted by molar-refractivity contribution is 7.91. The molecule has 12 heteroatoms. The topological polar surface area (TPSA) is 110 Å². The van der Waals surface area contributed by atoms with E-state index < -0.39 is 33.9 Å². The van der Waals surface area contributed by atoms with Crippen LogP contribution in [0.1, 0.15) is 11.3 Å². The molecule has 1 aromatic carbocycles. The lowest BCUT2D eigenvalue weighted by Crippen LogP contribution is -2.42. The summed E-state index contributed by atoms with van der Waals surface area (Å²) in [6.07, 6.45) is -4.77. The Morgan fingerprint density at radius 3 is 2.48 bits per heavy atom. The van der Waals surface area contributed by atoms with Crippen LogP contribution in [-0.4, -0.2) is 30.7 Å². The van der Waals surface area contributed by atoms with Crippen LogP contribution in [-0.2, 0) is 27.4 Å². The number of hydrogen-bond donors (Lipinski definition) is 2. The first-order chi connectivity index (χ1) is 13.6. The lowest BCUT2D eigenvalue weighted by Gasteiger charge is -2.14. The molecule has 3 rings (SSSR count). The Kier molecular flexibility index (Phi) is 5.78. The average Bonchev–Trinajstić information content (AvgIpc) is 3.31. The van der Waals surface area contributed by atoms with Crippen LogP contribution in [0.3, 0.4) is 0 Å². The molecular formula is C17H13F3N2O5S2. The van der Waals surface area contributed by atoms with Crippen LogP contribution in [0.4, 0.5) is 13.2 Å². The Labute approximate surface area is 166 Å².